The molecule has 0 bridgehead atoms. The van der Waals surface area contributed by atoms with E-state index in [2.05, 4.69) is 9.71 Å². The summed E-state index contributed by atoms with van der Waals surface area (Å²) in [5.74, 6) is 0. The van der Waals surface area contributed by atoms with Gasteiger partial charge in [0.25, 0.3) is 10.0 Å². The van der Waals surface area contributed by atoms with Crippen LogP contribution in [-0.4, -0.2) is 26.8 Å². The van der Waals surface area contributed by atoms with Crippen LogP contribution in [0.25, 0.3) is 0 Å². The van der Waals surface area contributed by atoms with E-state index in [0.29, 0.717) is 0 Å². The molecular formula is C9H15BN2O2S. The third-order valence-corrected chi connectivity index (χ3v) is 3.12. The van der Waals surface area contributed by atoms with Gasteiger partial charge < -0.3 is 0 Å². The molecule has 0 amide bonds. The van der Waals surface area contributed by atoms with Crippen molar-refractivity contribution in [2.24, 2.45) is 0 Å². The Balaban J connectivity index is 0.00000225. The second kappa shape index (κ2) is 3.94. The predicted molar refractivity (Wildman–Crippen MR) is 61.8 cm³/mol. The fourth-order valence-corrected chi connectivity index (χ4v) is 2.43. The molecule has 2 radical (unpaired) electrons. The summed E-state index contributed by atoms with van der Waals surface area (Å²) in [6.45, 7) is 5.28. The molecule has 0 atom stereocenters. The number of hydrogen-bond donors (Lipinski definition) is 1. The Bertz CT molecular complexity index is 457. The highest BCUT2D eigenvalue weighted by molar-refractivity contribution is 7.89. The first-order chi connectivity index (χ1) is 6.71. The molecule has 1 aromatic rings. The lowest BCUT2D eigenvalue weighted by molar-refractivity contribution is 0.490. The summed E-state index contributed by atoms with van der Waals surface area (Å²) in [5.41, 5.74) is -0.350. The van der Waals surface area contributed by atoms with Gasteiger partial charge in [-0.3, -0.25) is 4.98 Å². The quantitative estimate of drug-likeness (QED) is 0.732. The molecule has 6 heteroatoms. The van der Waals surface area contributed by atoms with E-state index in [1.54, 1.807) is 26.8 Å². The fourth-order valence-electron chi connectivity index (χ4n) is 1.04. The minimum Gasteiger partial charge on any atom is -0.252 e. The molecule has 1 rings (SSSR count). The van der Waals surface area contributed by atoms with Gasteiger partial charge in [0, 0.05) is 6.97 Å². The lowest BCUT2D eigenvalue weighted by Crippen LogP contribution is -2.41. The highest BCUT2D eigenvalue weighted by Crippen LogP contribution is 2.08. The summed E-state index contributed by atoms with van der Waals surface area (Å²) in [6.07, 6.45) is 0. The van der Waals surface area contributed by atoms with Gasteiger partial charge in [0.2, 0.25) is 0 Å². The summed E-state index contributed by atoms with van der Waals surface area (Å²) in [5, 5.41) is -0.0579. The van der Waals surface area contributed by atoms with Crippen molar-refractivity contribution in [2.45, 2.75) is 31.3 Å². The van der Waals surface area contributed by atoms with Crippen LogP contribution in [-0.2, 0) is 10.0 Å². The van der Waals surface area contributed by atoms with E-state index < -0.39 is 15.6 Å². The molecule has 0 aliphatic heterocycles. The maximum Gasteiger partial charge on any atom is 0.258 e. The molecule has 0 unspecified atom stereocenters. The highest BCUT2D eigenvalue weighted by Gasteiger charge is 2.22. The summed E-state index contributed by atoms with van der Waals surface area (Å²) < 4.78 is 26.0. The van der Waals surface area contributed by atoms with Crippen molar-refractivity contribution in [3.05, 3.63) is 18.2 Å². The van der Waals surface area contributed by atoms with Gasteiger partial charge in [0.1, 0.15) is 7.85 Å². The molecule has 0 aliphatic carbocycles. The summed E-state index contributed by atoms with van der Waals surface area (Å²) in [4.78, 5) is 3.76. The maximum absolute atomic E-state index is 11.8. The molecular weight excluding hydrogens is 211 g/mol. The number of rotatable bonds is 2. The largest absolute Gasteiger partial charge is 0.258 e. The molecule has 0 aliphatic rings. The van der Waals surface area contributed by atoms with E-state index in [9.17, 15) is 8.42 Å². The molecule has 82 valence electrons. The van der Waals surface area contributed by atoms with Crippen molar-refractivity contribution in [3.8, 4) is 0 Å². The highest BCUT2D eigenvalue weighted by atomic mass is 32.2. The Morgan fingerprint density at radius 1 is 1.40 bits per heavy atom. The second-order valence-electron chi connectivity index (χ2n) is 4.26. The van der Waals surface area contributed by atoms with E-state index in [0.717, 1.165) is 0 Å². The molecule has 0 spiro atoms. The zero-order chi connectivity index (χ0) is 11.7. The van der Waals surface area contributed by atoms with Gasteiger partial charge in [-0.15, -0.1) is 0 Å². The number of nitrogens with zero attached hydrogens (tertiary/aromatic N) is 1. The van der Waals surface area contributed by atoms with Gasteiger partial charge in [0.15, 0.2) is 5.03 Å². The Morgan fingerprint density at radius 3 is 2.47 bits per heavy atom. The van der Waals surface area contributed by atoms with Crippen LogP contribution < -0.4 is 10.3 Å². The number of sulfonamides is 1. The van der Waals surface area contributed by atoms with Crippen molar-refractivity contribution in [1.82, 2.24) is 9.71 Å². The molecule has 0 fully saturated rings. The van der Waals surface area contributed by atoms with Crippen LogP contribution in [0.4, 0.5) is 0 Å². The summed E-state index contributed by atoms with van der Waals surface area (Å²) in [7, 11) is 1.83. The van der Waals surface area contributed by atoms with Gasteiger partial charge in [-0.1, -0.05) is 12.1 Å². The zero-order valence-corrected chi connectivity index (χ0v) is 9.80. The SMILES string of the molecule is [B]c1cccc(S(=O)(=O)NC(C)(C)C)n1.[HH]. The standard InChI is InChI=1S/C9H13BN2O2S.H2/c1-9(2,3)12-15(13,14)8-6-4-5-7(10)11-8;/h4-6,12H,1-3H3;1H. The lowest BCUT2D eigenvalue weighted by atomic mass is 10.1. The van der Waals surface area contributed by atoms with Gasteiger partial charge in [-0.2, -0.15) is 0 Å². The minimum atomic E-state index is -3.58. The normalized spacial score (nSPS) is 12.7. The first-order valence-corrected chi connectivity index (χ1v) is 5.95. The minimum absolute atomic E-state index is 0. The van der Waals surface area contributed by atoms with Gasteiger partial charge >= 0.3 is 0 Å². The van der Waals surface area contributed by atoms with Crippen molar-refractivity contribution in [2.75, 3.05) is 0 Å². The van der Waals surface area contributed by atoms with E-state index in [-0.39, 0.29) is 12.0 Å². The number of pyridine rings is 1. The zero-order valence-electron chi connectivity index (χ0n) is 8.98. The third-order valence-electron chi connectivity index (χ3n) is 1.46. The average molecular weight is 226 g/mol. The van der Waals surface area contributed by atoms with Gasteiger partial charge in [-0.05, 0) is 32.4 Å². The van der Waals surface area contributed by atoms with Crippen molar-refractivity contribution in [1.29, 1.82) is 0 Å². The first kappa shape index (κ1) is 12.2. The fraction of sp³-hybridized carbons (Fsp3) is 0.444. The summed E-state index contributed by atoms with van der Waals surface area (Å²) >= 11 is 0. The summed E-state index contributed by atoms with van der Waals surface area (Å²) in [6, 6.07) is 4.50. The topological polar surface area (TPSA) is 59.1 Å². The van der Waals surface area contributed by atoms with E-state index in [4.69, 9.17) is 7.85 Å². The van der Waals surface area contributed by atoms with Crippen LogP contribution >= 0.6 is 0 Å². The lowest BCUT2D eigenvalue weighted by Gasteiger charge is -2.19. The van der Waals surface area contributed by atoms with Crippen LogP contribution in [0.3, 0.4) is 0 Å². The maximum atomic E-state index is 11.8. The van der Waals surface area contributed by atoms with Gasteiger partial charge in [-0.25, -0.2) is 13.1 Å². The molecule has 0 saturated heterocycles. The smallest absolute Gasteiger partial charge is 0.252 e. The van der Waals surface area contributed by atoms with E-state index in [1.165, 1.54) is 12.1 Å². The molecule has 1 heterocycles. The monoisotopic (exact) mass is 226 g/mol. The molecule has 0 aromatic carbocycles. The predicted octanol–water partition coefficient (Wildman–Crippen LogP) is 0.198. The second-order valence-corrected chi connectivity index (χ2v) is 5.89. The number of nitrogens with one attached hydrogen (secondary N) is 1. The number of hydrogen-bond acceptors (Lipinski definition) is 3. The van der Waals surface area contributed by atoms with Gasteiger partial charge in [0.05, 0.1) is 0 Å². The Labute approximate surface area is 93.1 Å². The molecule has 4 nitrogen and oxygen atoms in total. The van der Waals surface area contributed by atoms with Crippen molar-refractivity contribution < 1.29 is 9.84 Å². The van der Waals surface area contributed by atoms with Crippen LogP contribution in [0, 0.1) is 0 Å². The van der Waals surface area contributed by atoms with E-state index in [1.807, 2.05) is 0 Å². The Morgan fingerprint density at radius 2 is 2.00 bits per heavy atom. The van der Waals surface area contributed by atoms with E-state index >= 15 is 0 Å². The molecule has 0 saturated carbocycles. The van der Waals surface area contributed by atoms with Crippen LogP contribution in [0.15, 0.2) is 23.2 Å². The Hall–Kier alpha value is -0.875. The van der Waals surface area contributed by atoms with Crippen LogP contribution in [0.1, 0.15) is 22.2 Å². The Kier molecular flexibility index (Phi) is 3.20. The van der Waals surface area contributed by atoms with Crippen LogP contribution in [0.5, 0.6) is 0 Å². The molecule has 1 aromatic heterocycles. The van der Waals surface area contributed by atoms with Crippen LogP contribution in [0.2, 0.25) is 0 Å². The average Bonchev–Trinajstić information content (AvgIpc) is 1.99. The first-order valence-electron chi connectivity index (χ1n) is 4.47. The number of aromatic nitrogens is 1. The third kappa shape index (κ3) is 3.64. The molecule has 1 N–H and O–H groups in total. The van der Waals surface area contributed by atoms with Crippen molar-refractivity contribution >= 4 is 23.5 Å². The molecule has 15 heavy (non-hydrogen) atoms. The van der Waals surface area contributed by atoms with Crippen molar-refractivity contribution in [3.63, 3.8) is 0 Å².